The molecule has 2 bridgehead atoms. The zero-order valence-corrected chi connectivity index (χ0v) is 9.13. The van der Waals surface area contributed by atoms with Crippen LogP contribution >= 0.6 is 0 Å². The molecule has 0 heterocycles. The fraction of sp³-hybridized carbons (Fsp3) is 0.800. The summed E-state index contributed by atoms with van der Waals surface area (Å²) in [6, 6.07) is 0. The van der Waals surface area contributed by atoms with Gasteiger partial charge in [0.2, 0.25) is 0 Å². The molecule has 80 valence electrons. The van der Waals surface area contributed by atoms with Gasteiger partial charge in [-0.3, -0.25) is 4.55 Å². The molecule has 1 N–H and O–H groups in total. The minimum Gasteiger partial charge on any atom is -0.285 e. The molecule has 4 heteroatoms. The van der Waals surface area contributed by atoms with Crippen LogP contribution in [-0.4, -0.2) is 18.2 Å². The number of hydrogen-bond acceptors (Lipinski definition) is 2. The van der Waals surface area contributed by atoms with Crippen molar-refractivity contribution >= 4 is 10.1 Å². The highest BCUT2D eigenvalue weighted by Crippen LogP contribution is 2.46. The Morgan fingerprint density at radius 2 is 2.29 bits per heavy atom. The second-order valence-electron chi connectivity index (χ2n) is 4.35. The molecule has 0 amide bonds. The molecular weight excluding hydrogens is 200 g/mol. The molecule has 0 radical (unpaired) electrons. The van der Waals surface area contributed by atoms with E-state index in [0.717, 1.165) is 18.4 Å². The topological polar surface area (TPSA) is 54.4 Å². The molecule has 14 heavy (non-hydrogen) atoms. The van der Waals surface area contributed by atoms with Crippen LogP contribution in [-0.2, 0) is 10.1 Å². The van der Waals surface area contributed by atoms with Crippen LogP contribution in [0, 0.1) is 11.8 Å². The summed E-state index contributed by atoms with van der Waals surface area (Å²) in [5.41, 5.74) is 0.978. The summed E-state index contributed by atoms with van der Waals surface area (Å²) in [6.45, 7) is 1.81. The van der Waals surface area contributed by atoms with Crippen LogP contribution in [0.1, 0.15) is 32.6 Å². The Kier molecular flexibility index (Phi) is 2.43. The number of allylic oxidation sites excluding steroid dienone is 1. The molecule has 3 unspecified atom stereocenters. The third-order valence-electron chi connectivity index (χ3n) is 3.47. The molecule has 0 aromatic rings. The van der Waals surface area contributed by atoms with Gasteiger partial charge in [-0.15, -0.1) is 0 Å². The van der Waals surface area contributed by atoms with E-state index in [4.69, 9.17) is 4.55 Å². The predicted octanol–water partition coefficient (Wildman–Crippen LogP) is 2.01. The second-order valence-corrected chi connectivity index (χ2v) is 5.95. The lowest BCUT2D eigenvalue weighted by Gasteiger charge is -2.20. The predicted molar refractivity (Wildman–Crippen MR) is 54.5 cm³/mol. The van der Waals surface area contributed by atoms with Crippen molar-refractivity contribution in [2.45, 2.75) is 37.9 Å². The first kappa shape index (κ1) is 10.2. The average molecular weight is 216 g/mol. The summed E-state index contributed by atoms with van der Waals surface area (Å²) in [4.78, 5) is 0. The maximum atomic E-state index is 11.1. The molecule has 0 saturated heterocycles. The molecular formula is C10H16O3S. The minimum atomic E-state index is -3.89. The third-order valence-corrected chi connectivity index (χ3v) is 4.80. The summed E-state index contributed by atoms with van der Waals surface area (Å²) in [5, 5.41) is -0.641. The van der Waals surface area contributed by atoms with Crippen molar-refractivity contribution in [2.75, 3.05) is 0 Å². The quantitative estimate of drug-likeness (QED) is 0.580. The van der Waals surface area contributed by atoms with Gasteiger partial charge in [0.15, 0.2) is 0 Å². The Labute approximate surface area is 85.0 Å². The van der Waals surface area contributed by atoms with Crippen LogP contribution < -0.4 is 0 Å². The highest BCUT2D eigenvalue weighted by Gasteiger charge is 2.39. The smallest absolute Gasteiger partial charge is 0.271 e. The van der Waals surface area contributed by atoms with Crippen molar-refractivity contribution in [3.8, 4) is 0 Å². The van der Waals surface area contributed by atoms with E-state index >= 15 is 0 Å². The van der Waals surface area contributed by atoms with Gasteiger partial charge in [0.1, 0.15) is 5.25 Å². The molecule has 0 spiro atoms. The minimum absolute atomic E-state index is 0.423. The van der Waals surface area contributed by atoms with E-state index < -0.39 is 15.4 Å². The summed E-state index contributed by atoms with van der Waals surface area (Å²) >= 11 is 0. The van der Waals surface area contributed by atoms with E-state index in [1.165, 1.54) is 6.42 Å². The first-order chi connectivity index (χ1) is 6.52. The van der Waals surface area contributed by atoms with E-state index in [-0.39, 0.29) is 0 Å². The Morgan fingerprint density at radius 1 is 1.57 bits per heavy atom. The molecule has 1 fully saturated rings. The van der Waals surface area contributed by atoms with Gasteiger partial charge in [-0.1, -0.05) is 18.6 Å². The lowest BCUT2D eigenvalue weighted by Crippen LogP contribution is -2.24. The average Bonchev–Trinajstić information content (AvgIpc) is 2.63. The highest BCUT2D eigenvalue weighted by atomic mass is 32.2. The molecule has 0 aliphatic heterocycles. The Hall–Kier alpha value is -0.350. The van der Waals surface area contributed by atoms with E-state index in [2.05, 4.69) is 6.08 Å². The second kappa shape index (κ2) is 3.35. The summed E-state index contributed by atoms with van der Waals surface area (Å²) in [5.74, 6) is 0.998. The lowest BCUT2D eigenvalue weighted by molar-refractivity contribution is 0.464. The highest BCUT2D eigenvalue weighted by molar-refractivity contribution is 7.86. The van der Waals surface area contributed by atoms with Gasteiger partial charge >= 0.3 is 0 Å². The first-order valence-electron chi connectivity index (χ1n) is 5.20. The van der Waals surface area contributed by atoms with Gasteiger partial charge in [-0.25, -0.2) is 0 Å². The third kappa shape index (κ3) is 1.61. The van der Waals surface area contributed by atoms with Crippen LogP contribution in [0.25, 0.3) is 0 Å². The number of rotatable bonds is 3. The molecule has 2 rings (SSSR count). The maximum Gasteiger partial charge on any atom is 0.271 e. The lowest BCUT2D eigenvalue weighted by atomic mass is 9.94. The van der Waals surface area contributed by atoms with E-state index in [1.807, 2.05) is 6.92 Å². The fourth-order valence-corrected chi connectivity index (χ4v) is 3.90. The fourth-order valence-electron chi connectivity index (χ4n) is 2.87. The van der Waals surface area contributed by atoms with E-state index in [0.29, 0.717) is 18.3 Å². The summed E-state index contributed by atoms with van der Waals surface area (Å²) in [6.07, 6.45) is 5.95. The zero-order chi connectivity index (χ0) is 10.3. The number of hydrogen-bond donors (Lipinski definition) is 1. The molecule has 3 nitrogen and oxygen atoms in total. The van der Waals surface area contributed by atoms with Crippen LogP contribution in [0.4, 0.5) is 0 Å². The normalized spacial score (nSPS) is 33.1. The Balaban J connectivity index is 2.26. The maximum absolute atomic E-state index is 11.1. The molecule has 1 saturated carbocycles. The van der Waals surface area contributed by atoms with Crippen molar-refractivity contribution in [3.63, 3.8) is 0 Å². The first-order valence-corrected chi connectivity index (χ1v) is 6.70. The van der Waals surface area contributed by atoms with Gasteiger partial charge in [0.25, 0.3) is 10.1 Å². The van der Waals surface area contributed by atoms with Crippen LogP contribution in [0.3, 0.4) is 0 Å². The molecule has 2 aliphatic rings. The molecule has 0 aromatic heterocycles. The van der Waals surface area contributed by atoms with E-state index in [9.17, 15) is 8.42 Å². The number of fused-ring (bicyclic) bond motifs is 2. The van der Waals surface area contributed by atoms with Crippen molar-refractivity contribution in [1.82, 2.24) is 0 Å². The van der Waals surface area contributed by atoms with Crippen LogP contribution in [0.15, 0.2) is 11.6 Å². The van der Waals surface area contributed by atoms with Crippen molar-refractivity contribution in [3.05, 3.63) is 11.6 Å². The standard InChI is InChI=1S/C10H16O3S/c1-2-10(14(11,12)13)9-6-7-3-4-8(9)5-7/h6-8,10H,2-5H2,1H3,(H,11,12,13). The van der Waals surface area contributed by atoms with Crippen molar-refractivity contribution in [1.29, 1.82) is 0 Å². The monoisotopic (exact) mass is 216 g/mol. The van der Waals surface area contributed by atoms with Gasteiger partial charge in [-0.05, 0) is 37.5 Å². The molecule has 0 aromatic carbocycles. The van der Waals surface area contributed by atoms with Gasteiger partial charge in [-0.2, -0.15) is 8.42 Å². The Morgan fingerprint density at radius 3 is 2.64 bits per heavy atom. The Bertz CT molecular complexity index is 356. The summed E-state index contributed by atoms with van der Waals surface area (Å²) in [7, 11) is -3.89. The van der Waals surface area contributed by atoms with Gasteiger partial charge in [0.05, 0.1) is 0 Å². The van der Waals surface area contributed by atoms with Gasteiger partial charge < -0.3 is 0 Å². The van der Waals surface area contributed by atoms with Crippen LogP contribution in [0.2, 0.25) is 0 Å². The van der Waals surface area contributed by atoms with Crippen LogP contribution in [0.5, 0.6) is 0 Å². The largest absolute Gasteiger partial charge is 0.285 e. The SMILES string of the molecule is CCC(C1=CC2CCC1C2)S(=O)(=O)O. The van der Waals surface area contributed by atoms with Crippen molar-refractivity contribution < 1.29 is 13.0 Å². The molecule has 3 atom stereocenters. The zero-order valence-electron chi connectivity index (χ0n) is 8.31. The van der Waals surface area contributed by atoms with Gasteiger partial charge in [0, 0.05) is 0 Å². The molecule has 2 aliphatic carbocycles. The van der Waals surface area contributed by atoms with Crippen molar-refractivity contribution in [2.24, 2.45) is 11.8 Å². The van der Waals surface area contributed by atoms with E-state index in [1.54, 1.807) is 0 Å². The summed E-state index contributed by atoms with van der Waals surface area (Å²) < 4.78 is 31.4.